The number of piperazine rings is 1. The number of aromatic nitrogens is 2. The Balaban J connectivity index is 2.17. The van der Waals surface area contributed by atoms with Crippen molar-refractivity contribution in [3.05, 3.63) is 16.4 Å². The van der Waals surface area contributed by atoms with Gasteiger partial charge in [0.15, 0.2) is 0 Å². The van der Waals surface area contributed by atoms with E-state index < -0.39 is 0 Å². The van der Waals surface area contributed by atoms with Crippen LogP contribution >= 0.6 is 11.6 Å². The SMILES string of the molecule is CNC(=O)C1CNCCN1Cc1c(Cl)c(C)nn1C. The van der Waals surface area contributed by atoms with E-state index in [0.29, 0.717) is 18.1 Å². The highest BCUT2D eigenvalue weighted by Gasteiger charge is 2.29. The van der Waals surface area contributed by atoms with Crippen molar-refractivity contribution in [1.82, 2.24) is 25.3 Å². The van der Waals surface area contributed by atoms with E-state index in [2.05, 4.69) is 20.6 Å². The molecule has 1 aliphatic heterocycles. The Bertz CT molecular complexity index is 473. The molecule has 1 atom stereocenters. The third kappa shape index (κ3) is 2.91. The van der Waals surface area contributed by atoms with Crippen LogP contribution in [0.2, 0.25) is 5.02 Å². The van der Waals surface area contributed by atoms with Gasteiger partial charge in [-0.25, -0.2) is 0 Å². The molecule has 1 aliphatic rings. The maximum atomic E-state index is 11.9. The zero-order chi connectivity index (χ0) is 14.0. The van der Waals surface area contributed by atoms with Gasteiger partial charge < -0.3 is 10.6 Å². The molecular weight excluding hydrogens is 266 g/mol. The first kappa shape index (κ1) is 14.3. The van der Waals surface area contributed by atoms with Crippen molar-refractivity contribution < 1.29 is 4.79 Å². The van der Waals surface area contributed by atoms with Crippen molar-refractivity contribution in [2.24, 2.45) is 7.05 Å². The van der Waals surface area contributed by atoms with Crippen molar-refractivity contribution in [2.75, 3.05) is 26.7 Å². The molecule has 0 radical (unpaired) electrons. The summed E-state index contributed by atoms with van der Waals surface area (Å²) in [6.45, 7) is 4.88. The Kier molecular flexibility index (Phi) is 4.44. The molecule has 106 valence electrons. The molecule has 0 saturated carbocycles. The molecule has 0 aromatic carbocycles. The number of nitrogens with zero attached hydrogens (tertiary/aromatic N) is 3. The lowest BCUT2D eigenvalue weighted by Gasteiger charge is -2.34. The van der Waals surface area contributed by atoms with Crippen molar-refractivity contribution >= 4 is 17.5 Å². The predicted molar refractivity (Wildman–Crippen MR) is 74.1 cm³/mol. The zero-order valence-corrected chi connectivity index (χ0v) is 12.3. The molecule has 2 N–H and O–H groups in total. The van der Waals surface area contributed by atoms with E-state index >= 15 is 0 Å². The molecule has 1 saturated heterocycles. The summed E-state index contributed by atoms with van der Waals surface area (Å²) < 4.78 is 1.79. The summed E-state index contributed by atoms with van der Waals surface area (Å²) in [5, 5.41) is 11.0. The van der Waals surface area contributed by atoms with E-state index in [4.69, 9.17) is 11.6 Å². The normalized spacial score (nSPS) is 20.5. The number of nitrogens with one attached hydrogen (secondary N) is 2. The van der Waals surface area contributed by atoms with Crippen LogP contribution in [0.25, 0.3) is 0 Å². The molecule has 7 heteroatoms. The Labute approximate surface area is 118 Å². The average Bonchev–Trinajstić information content (AvgIpc) is 2.65. The lowest BCUT2D eigenvalue weighted by Crippen LogP contribution is -2.57. The maximum absolute atomic E-state index is 11.9. The quantitative estimate of drug-likeness (QED) is 0.814. The maximum Gasteiger partial charge on any atom is 0.238 e. The second-order valence-electron chi connectivity index (χ2n) is 4.77. The van der Waals surface area contributed by atoms with Gasteiger partial charge in [0.25, 0.3) is 0 Å². The lowest BCUT2D eigenvalue weighted by molar-refractivity contribution is -0.126. The first-order valence-electron chi connectivity index (χ1n) is 6.39. The summed E-state index contributed by atoms with van der Waals surface area (Å²) >= 11 is 6.27. The van der Waals surface area contributed by atoms with Gasteiger partial charge in [-0.2, -0.15) is 5.10 Å². The molecule has 0 spiro atoms. The number of hydrogen-bond acceptors (Lipinski definition) is 4. The topological polar surface area (TPSA) is 62.2 Å². The molecule has 1 unspecified atom stereocenters. The second kappa shape index (κ2) is 5.90. The van der Waals surface area contributed by atoms with E-state index in [0.717, 1.165) is 24.5 Å². The molecule has 1 fully saturated rings. The Hall–Kier alpha value is -1.11. The minimum absolute atomic E-state index is 0.0298. The van der Waals surface area contributed by atoms with E-state index in [1.807, 2.05) is 14.0 Å². The average molecular weight is 286 g/mol. The van der Waals surface area contributed by atoms with Gasteiger partial charge in [0.2, 0.25) is 5.91 Å². The third-order valence-electron chi connectivity index (χ3n) is 3.52. The largest absolute Gasteiger partial charge is 0.358 e. The van der Waals surface area contributed by atoms with Crippen LogP contribution in [0.1, 0.15) is 11.4 Å². The number of carbonyl (C=O) groups is 1. The molecule has 1 amide bonds. The number of amides is 1. The molecule has 1 aromatic rings. The van der Waals surface area contributed by atoms with Gasteiger partial charge in [0, 0.05) is 40.3 Å². The summed E-state index contributed by atoms with van der Waals surface area (Å²) in [5.74, 6) is 0.0298. The van der Waals surface area contributed by atoms with Crippen LogP contribution in [0.4, 0.5) is 0 Å². The number of carbonyl (C=O) groups excluding carboxylic acids is 1. The summed E-state index contributed by atoms with van der Waals surface area (Å²) in [6.07, 6.45) is 0. The van der Waals surface area contributed by atoms with Crippen LogP contribution in [0.3, 0.4) is 0 Å². The van der Waals surface area contributed by atoms with Crippen LogP contribution in [0.5, 0.6) is 0 Å². The van der Waals surface area contributed by atoms with Gasteiger partial charge in [-0.3, -0.25) is 14.4 Å². The molecule has 19 heavy (non-hydrogen) atoms. The lowest BCUT2D eigenvalue weighted by atomic mass is 10.1. The first-order valence-corrected chi connectivity index (χ1v) is 6.76. The summed E-state index contributed by atoms with van der Waals surface area (Å²) in [4.78, 5) is 14.0. The van der Waals surface area contributed by atoms with Crippen LogP contribution in [-0.4, -0.2) is 53.3 Å². The molecule has 0 bridgehead atoms. The number of aryl methyl sites for hydroxylation is 2. The molecule has 2 heterocycles. The van der Waals surface area contributed by atoms with E-state index in [1.54, 1.807) is 11.7 Å². The first-order chi connectivity index (χ1) is 9.04. The van der Waals surface area contributed by atoms with Crippen molar-refractivity contribution in [3.8, 4) is 0 Å². The van der Waals surface area contributed by atoms with E-state index in [9.17, 15) is 4.79 Å². The number of likely N-dealkylation sites (N-methyl/N-ethyl adjacent to an activating group) is 1. The number of halogens is 1. The van der Waals surface area contributed by atoms with E-state index in [1.165, 1.54) is 0 Å². The Morgan fingerprint density at radius 2 is 2.37 bits per heavy atom. The fraction of sp³-hybridized carbons (Fsp3) is 0.667. The standard InChI is InChI=1S/C12H20ClN5O/c1-8-11(13)10(17(3)16-8)7-18-5-4-15-6-9(18)12(19)14-2/h9,15H,4-7H2,1-3H3,(H,14,19). The smallest absolute Gasteiger partial charge is 0.238 e. The fourth-order valence-corrected chi connectivity index (χ4v) is 2.62. The zero-order valence-electron chi connectivity index (χ0n) is 11.5. The van der Waals surface area contributed by atoms with Gasteiger partial charge in [-0.05, 0) is 6.92 Å². The highest BCUT2D eigenvalue weighted by atomic mass is 35.5. The predicted octanol–water partition coefficient (Wildman–Crippen LogP) is -0.0983. The number of rotatable bonds is 3. The van der Waals surface area contributed by atoms with Crippen LogP contribution in [-0.2, 0) is 18.4 Å². The third-order valence-corrected chi connectivity index (χ3v) is 4.01. The van der Waals surface area contributed by atoms with Gasteiger partial charge in [0.05, 0.1) is 16.4 Å². The fourth-order valence-electron chi connectivity index (χ4n) is 2.41. The molecule has 1 aromatic heterocycles. The van der Waals surface area contributed by atoms with Crippen LogP contribution in [0.15, 0.2) is 0 Å². The van der Waals surface area contributed by atoms with Crippen LogP contribution < -0.4 is 10.6 Å². The van der Waals surface area contributed by atoms with Gasteiger partial charge in [-0.15, -0.1) is 0 Å². The summed E-state index contributed by atoms with van der Waals surface area (Å²) in [6, 6.07) is -0.162. The monoisotopic (exact) mass is 285 g/mol. The number of hydrogen-bond donors (Lipinski definition) is 2. The molecule has 0 aliphatic carbocycles. The Morgan fingerprint density at radius 1 is 1.63 bits per heavy atom. The summed E-state index contributed by atoms with van der Waals surface area (Å²) in [5.41, 5.74) is 1.78. The minimum Gasteiger partial charge on any atom is -0.358 e. The van der Waals surface area contributed by atoms with E-state index in [-0.39, 0.29) is 11.9 Å². The highest BCUT2D eigenvalue weighted by molar-refractivity contribution is 6.31. The highest BCUT2D eigenvalue weighted by Crippen LogP contribution is 2.22. The van der Waals surface area contributed by atoms with Crippen molar-refractivity contribution in [1.29, 1.82) is 0 Å². The second-order valence-corrected chi connectivity index (χ2v) is 5.15. The molecule has 6 nitrogen and oxygen atoms in total. The van der Waals surface area contributed by atoms with Crippen molar-refractivity contribution in [3.63, 3.8) is 0 Å². The van der Waals surface area contributed by atoms with Gasteiger partial charge >= 0.3 is 0 Å². The Morgan fingerprint density at radius 3 is 2.95 bits per heavy atom. The molecular formula is C12H20ClN5O. The van der Waals surface area contributed by atoms with Crippen LogP contribution in [0, 0.1) is 6.92 Å². The van der Waals surface area contributed by atoms with Gasteiger partial charge in [-0.1, -0.05) is 11.6 Å². The van der Waals surface area contributed by atoms with Crippen molar-refractivity contribution in [2.45, 2.75) is 19.5 Å². The minimum atomic E-state index is -0.162. The molecule has 2 rings (SSSR count). The van der Waals surface area contributed by atoms with Gasteiger partial charge in [0.1, 0.15) is 6.04 Å². The summed E-state index contributed by atoms with van der Waals surface area (Å²) in [7, 11) is 3.54.